The Morgan fingerprint density at radius 3 is 2.66 bits per heavy atom. The van der Waals surface area contributed by atoms with Crippen LogP contribution in [-0.2, 0) is 19.5 Å². The summed E-state index contributed by atoms with van der Waals surface area (Å²) in [6.07, 6.45) is 2.10. The first-order valence-electron chi connectivity index (χ1n) is 11.4. The highest BCUT2D eigenvalue weighted by Crippen LogP contribution is 2.27. The highest BCUT2D eigenvalue weighted by atomic mass is 16.5. The van der Waals surface area contributed by atoms with Gasteiger partial charge in [0.1, 0.15) is 5.75 Å². The summed E-state index contributed by atoms with van der Waals surface area (Å²) < 4.78 is 7.39. The van der Waals surface area contributed by atoms with Gasteiger partial charge in [-0.2, -0.15) is 5.10 Å². The molecule has 0 spiro atoms. The molecule has 2 heterocycles. The number of carbonyl (C=O) groups is 1. The van der Waals surface area contributed by atoms with Gasteiger partial charge in [-0.1, -0.05) is 31.2 Å². The second-order valence-corrected chi connectivity index (χ2v) is 8.20. The fourth-order valence-electron chi connectivity index (χ4n) is 4.41. The number of aromatic nitrogens is 2. The molecule has 0 aliphatic carbocycles. The molecule has 6 nitrogen and oxygen atoms in total. The minimum Gasteiger partial charge on any atom is -0.497 e. The highest BCUT2D eigenvalue weighted by Gasteiger charge is 2.27. The number of rotatable bonds is 8. The van der Waals surface area contributed by atoms with Crippen LogP contribution >= 0.6 is 0 Å². The Kier molecular flexibility index (Phi) is 6.90. The lowest BCUT2D eigenvalue weighted by Gasteiger charge is -2.28. The van der Waals surface area contributed by atoms with Crippen molar-refractivity contribution in [2.75, 3.05) is 26.7 Å². The van der Waals surface area contributed by atoms with E-state index in [1.165, 1.54) is 11.3 Å². The number of benzene rings is 2. The van der Waals surface area contributed by atoms with Gasteiger partial charge in [-0.25, -0.2) is 4.68 Å². The summed E-state index contributed by atoms with van der Waals surface area (Å²) in [5, 5.41) is 5.03. The highest BCUT2D eigenvalue weighted by molar-refractivity contribution is 5.94. The topological polar surface area (TPSA) is 50.6 Å². The predicted octanol–water partition coefficient (Wildman–Crippen LogP) is 4.31. The van der Waals surface area contributed by atoms with Gasteiger partial charge in [0.2, 0.25) is 0 Å². The number of nitrogens with zero attached hydrogens (tertiary/aromatic N) is 4. The molecule has 32 heavy (non-hydrogen) atoms. The molecule has 0 saturated carbocycles. The minimum atomic E-state index is -0.00404. The third-order valence-corrected chi connectivity index (χ3v) is 6.09. The summed E-state index contributed by atoms with van der Waals surface area (Å²) in [5.74, 6) is 0.684. The Hall–Kier alpha value is -3.12. The number of hydrogen-bond acceptors (Lipinski definition) is 4. The Labute approximate surface area is 190 Å². The van der Waals surface area contributed by atoms with Crippen LogP contribution < -0.4 is 4.74 Å². The molecule has 1 amide bonds. The first-order valence-corrected chi connectivity index (χ1v) is 11.4. The van der Waals surface area contributed by atoms with Gasteiger partial charge in [0.15, 0.2) is 0 Å². The lowest BCUT2D eigenvalue weighted by molar-refractivity contribution is 0.0749. The zero-order chi connectivity index (χ0) is 22.5. The second-order valence-electron chi connectivity index (χ2n) is 8.20. The van der Waals surface area contributed by atoms with Crippen molar-refractivity contribution in [2.24, 2.45) is 0 Å². The van der Waals surface area contributed by atoms with Crippen LogP contribution in [0, 0.1) is 0 Å². The molecule has 6 heteroatoms. The molecule has 0 bridgehead atoms. The standard InChI is InChI=1S/C26H32N4O2/c1-4-15-28-16-14-25-23(18-28)24(27-30(25)21-11-7-6-8-12-21)19-29(5-2)26(31)20-10-9-13-22(17-20)32-3/h6-13,17H,4-5,14-16,18-19H2,1-3H3. The van der Waals surface area contributed by atoms with Crippen LogP contribution in [0.4, 0.5) is 0 Å². The maximum absolute atomic E-state index is 13.3. The van der Waals surface area contributed by atoms with E-state index in [0.717, 1.165) is 43.9 Å². The normalized spacial score (nSPS) is 13.6. The van der Waals surface area contributed by atoms with E-state index < -0.39 is 0 Å². The van der Waals surface area contributed by atoms with Crippen molar-refractivity contribution in [1.82, 2.24) is 19.6 Å². The molecule has 0 unspecified atom stereocenters. The third kappa shape index (κ3) is 4.55. The van der Waals surface area contributed by atoms with Gasteiger partial charge >= 0.3 is 0 Å². The van der Waals surface area contributed by atoms with Crippen molar-refractivity contribution in [2.45, 2.75) is 39.8 Å². The van der Waals surface area contributed by atoms with Gasteiger partial charge in [0.25, 0.3) is 5.91 Å². The molecule has 0 saturated heterocycles. The minimum absolute atomic E-state index is 0.00404. The summed E-state index contributed by atoms with van der Waals surface area (Å²) in [7, 11) is 1.62. The zero-order valence-electron chi connectivity index (χ0n) is 19.3. The van der Waals surface area contributed by atoms with E-state index in [2.05, 4.69) is 28.6 Å². The van der Waals surface area contributed by atoms with E-state index in [0.29, 0.717) is 24.4 Å². The van der Waals surface area contributed by atoms with Crippen molar-refractivity contribution in [3.63, 3.8) is 0 Å². The SMILES string of the molecule is CCCN1CCc2c(c(CN(CC)C(=O)c3cccc(OC)c3)nn2-c2ccccc2)C1. The fraction of sp³-hybridized carbons (Fsp3) is 0.385. The van der Waals surface area contributed by atoms with Crippen molar-refractivity contribution >= 4 is 5.91 Å². The van der Waals surface area contributed by atoms with Gasteiger partial charge in [-0.15, -0.1) is 0 Å². The molecule has 3 aromatic rings. The van der Waals surface area contributed by atoms with Gasteiger partial charge in [0.05, 0.1) is 30.7 Å². The summed E-state index contributed by atoms with van der Waals surface area (Å²) in [6.45, 7) is 8.35. The number of ether oxygens (including phenoxy) is 1. The monoisotopic (exact) mass is 432 g/mol. The molecular weight excluding hydrogens is 400 g/mol. The van der Waals surface area contributed by atoms with Crippen molar-refractivity contribution in [1.29, 1.82) is 0 Å². The third-order valence-electron chi connectivity index (χ3n) is 6.09. The Bertz CT molecular complexity index is 1060. The summed E-state index contributed by atoms with van der Waals surface area (Å²) in [4.78, 5) is 17.6. The van der Waals surface area contributed by atoms with Crippen molar-refractivity contribution < 1.29 is 9.53 Å². The maximum Gasteiger partial charge on any atom is 0.254 e. The van der Waals surface area contributed by atoms with Crippen LogP contribution in [0.1, 0.15) is 47.6 Å². The molecule has 0 atom stereocenters. The Balaban J connectivity index is 1.67. The maximum atomic E-state index is 13.3. The molecule has 2 aromatic carbocycles. The van der Waals surface area contributed by atoms with Crippen molar-refractivity contribution in [3.8, 4) is 11.4 Å². The largest absolute Gasteiger partial charge is 0.497 e. The molecule has 1 aliphatic rings. The van der Waals surface area contributed by atoms with Gasteiger partial charge < -0.3 is 9.64 Å². The molecule has 1 aliphatic heterocycles. The van der Waals surface area contributed by atoms with Gasteiger partial charge in [-0.3, -0.25) is 9.69 Å². The van der Waals surface area contributed by atoms with E-state index >= 15 is 0 Å². The first kappa shape index (κ1) is 22.1. The summed E-state index contributed by atoms with van der Waals surface area (Å²) in [5.41, 5.74) is 5.23. The summed E-state index contributed by atoms with van der Waals surface area (Å²) in [6, 6.07) is 17.6. The number of para-hydroxylation sites is 1. The fourth-order valence-corrected chi connectivity index (χ4v) is 4.41. The lowest BCUT2D eigenvalue weighted by atomic mass is 10.0. The van der Waals surface area contributed by atoms with E-state index in [1.54, 1.807) is 13.2 Å². The molecular formula is C26H32N4O2. The number of methoxy groups -OCH3 is 1. The van der Waals surface area contributed by atoms with Crippen molar-refractivity contribution in [3.05, 3.63) is 77.1 Å². The average Bonchev–Trinajstić information content (AvgIpc) is 3.20. The number of hydrogen-bond donors (Lipinski definition) is 0. The van der Waals surface area contributed by atoms with E-state index in [9.17, 15) is 4.79 Å². The molecule has 168 valence electrons. The lowest BCUT2D eigenvalue weighted by Crippen LogP contribution is -2.33. The smallest absolute Gasteiger partial charge is 0.254 e. The van der Waals surface area contributed by atoms with Gasteiger partial charge in [-0.05, 0) is 50.2 Å². The quantitative estimate of drug-likeness (QED) is 0.532. The van der Waals surface area contributed by atoms with Crippen LogP contribution in [0.5, 0.6) is 5.75 Å². The molecule has 1 aromatic heterocycles. The van der Waals surface area contributed by atoms with E-state index in [-0.39, 0.29) is 5.91 Å². The molecule has 0 fully saturated rings. The Morgan fingerprint density at radius 1 is 1.12 bits per heavy atom. The number of fused-ring (bicyclic) bond motifs is 1. The van der Waals surface area contributed by atoms with Crippen LogP contribution in [-0.4, -0.2) is 52.2 Å². The van der Waals surface area contributed by atoms with Gasteiger partial charge in [0, 0.05) is 37.2 Å². The zero-order valence-corrected chi connectivity index (χ0v) is 19.3. The second kappa shape index (κ2) is 10.0. The van der Waals surface area contributed by atoms with E-state index in [1.807, 2.05) is 48.2 Å². The van der Waals surface area contributed by atoms with Crippen LogP contribution in [0.25, 0.3) is 5.69 Å². The Morgan fingerprint density at radius 2 is 1.94 bits per heavy atom. The molecule has 0 N–H and O–H groups in total. The molecule has 4 rings (SSSR count). The molecule has 0 radical (unpaired) electrons. The average molecular weight is 433 g/mol. The summed E-state index contributed by atoms with van der Waals surface area (Å²) >= 11 is 0. The van der Waals surface area contributed by atoms with Crippen LogP contribution in [0.2, 0.25) is 0 Å². The van der Waals surface area contributed by atoms with E-state index in [4.69, 9.17) is 9.84 Å². The number of carbonyl (C=O) groups excluding carboxylic acids is 1. The van der Waals surface area contributed by atoms with Crippen LogP contribution in [0.15, 0.2) is 54.6 Å². The first-order chi connectivity index (χ1) is 15.6. The predicted molar refractivity (Wildman–Crippen MR) is 126 cm³/mol. The number of amides is 1. The van der Waals surface area contributed by atoms with Crippen LogP contribution in [0.3, 0.4) is 0 Å².